The molecule has 4 aromatic heterocycles. The standard InChI is InChI=1S/C26H23ClFN11O/c27-20-19-24(34-26(31)39-25(19)33-23(35-39)17-3-1-2-6-32-17)38(21(20)22(30)40)12-9-36-7-10-37(11-8-36)18-5-4-15(14-29)13-16(18)28/h1-6,13H,7-12H2,(H2,30,40)(H2,31,34). The Morgan fingerprint density at radius 3 is 2.58 bits per heavy atom. The van der Waals surface area contributed by atoms with E-state index in [4.69, 9.17) is 28.3 Å². The molecule has 4 N–H and O–H groups in total. The van der Waals surface area contributed by atoms with Crippen molar-refractivity contribution in [2.75, 3.05) is 43.4 Å². The van der Waals surface area contributed by atoms with Crippen LogP contribution in [0.3, 0.4) is 0 Å². The Balaban J connectivity index is 1.28. The fourth-order valence-corrected chi connectivity index (χ4v) is 5.39. The maximum absolute atomic E-state index is 14.5. The highest BCUT2D eigenvalue weighted by atomic mass is 35.5. The van der Waals surface area contributed by atoms with E-state index >= 15 is 0 Å². The molecule has 5 heterocycles. The molecule has 40 heavy (non-hydrogen) atoms. The van der Waals surface area contributed by atoms with Crippen LogP contribution in [0.15, 0.2) is 42.6 Å². The summed E-state index contributed by atoms with van der Waals surface area (Å²) in [5.74, 6) is -0.712. The summed E-state index contributed by atoms with van der Waals surface area (Å²) in [7, 11) is 0. The van der Waals surface area contributed by atoms with E-state index in [2.05, 4.69) is 25.0 Å². The second kappa shape index (κ2) is 10.1. The van der Waals surface area contributed by atoms with E-state index in [1.54, 1.807) is 35.0 Å². The van der Waals surface area contributed by atoms with Crippen LogP contribution in [0.5, 0.6) is 0 Å². The van der Waals surface area contributed by atoms with Gasteiger partial charge in [-0.2, -0.15) is 14.8 Å². The summed E-state index contributed by atoms with van der Waals surface area (Å²) >= 11 is 6.71. The number of benzene rings is 1. The van der Waals surface area contributed by atoms with E-state index in [0.29, 0.717) is 73.2 Å². The lowest BCUT2D eigenvalue weighted by atomic mass is 10.2. The molecule has 0 aliphatic carbocycles. The van der Waals surface area contributed by atoms with Crippen molar-refractivity contribution in [1.29, 1.82) is 5.26 Å². The molecule has 0 radical (unpaired) electrons. The zero-order valence-electron chi connectivity index (χ0n) is 21.1. The van der Waals surface area contributed by atoms with Crippen molar-refractivity contribution >= 4 is 45.8 Å². The molecule has 0 spiro atoms. The fourth-order valence-electron chi connectivity index (χ4n) is 5.03. The number of nitrogens with zero attached hydrogens (tertiary/aromatic N) is 9. The number of fused-ring (bicyclic) bond motifs is 3. The SMILES string of the molecule is N#Cc1ccc(N2CCN(CCn3c(C(N)=O)c(Cl)c4c3nc(N)n3nc(-c5ccccn5)nc43)CC2)c(F)c1. The Morgan fingerprint density at radius 1 is 1.10 bits per heavy atom. The number of nitrogens with two attached hydrogens (primary N) is 2. The summed E-state index contributed by atoms with van der Waals surface area (Å²) in [6, 6.07) is 11.8. The molecule has 1 aliphatic rings. The van der Waals surface area contributed by atoms with Crippen LogP contribution in [0.1, 0.15) is 16.1 Å². The number of aromatic nitrogens is 6. The maximum Gasteiger partial charge on any atom is 0.266 e. The zero-order chi connectivity index (χ0) is 28.0. The Labute approximate surface area is 232 Å². The molecule has 14 heteroatoms. The third-order valence-corrected chi connectivity index (χ3v) is 7.37. The lowest BCUT2D eigenvalue weighted by Crippen LogP contribution is -2.47. The molecule has 0 bridgehead atoms. The van der Waals surface area contributed by atoms with Crippen LogP contribution in [0.4, 0.5) is 16.0 Å². The number of carbonyl (C=O) groups is 1. The van der Waals surface area contributed by atoms with Gasteiger partial charge in [-0.25, -0.2) is 9.37 Å². The third-order valence-electron chi connectivity index (χ3n) is 7.00. The number of nitrogen functional groups attached to an aromatic ring is 1. The molecule has 1 aliphatic heterocycles. The van der Waals surface area contributed by atoms with Gasteiger partial charge in [-0.05, 0) is 30.3 Å². The van der Waals surface area contributed by atoms with Gasteiger partial charge in [0.1, 0.15) is 22.9 Å². The van der Waals surface area contributed by atoms with E-state index in [0.717, 1.165) is 0 Å². The largest absolute Gasteiger partial charge is 0.368 e. The van der Waals surface area contributed by atoms with Crippen LogP contribution < -0.4 is 16.4 Å². The van der Waals surface area contributed by atoms with E-state index < -0.39 is 11.7 Å². The van der Waals surface area contributed by atoms with Gasteiger partial charge < -0.3 is 20.9 Å². The summed E-state index contributed by atoms with van der Waals surface area (Å²) in [6.45, 7) is 3.44. The van der Waals surface area contributed by atoms with Crippen LogP contribution >= 0.6 is 11.6 Å². The van der Waals surface area contributed by atoms with Crippen molar-refractivity contribution < 1.29 is 9.18 Å². The van der Waals surface area contributed by atoms with Gasteiger partial charge in [-0.15, -0.1) is 5.10 Å². The number of anilines is 2. The van der Waals surface area contributed by atoms with Gasteiger partial charge in [0.25, 0.3) is 5.91 Å². The first-order chi connectivity index (χ1) is 19.4. The summed E-state index contributed by atoms with van der Waals surface area (Å²) in [5.41, 5.74) is 14.1. The number of piperazine rings is 1. The van der Waals surface area contributed by atoms with Gasteiger partial charge in [0.05, 0.1) is 27.7 Å². The minimum absolute atomic E-state index is 0.0710. The Morgan fingerprint density at radius 2 is 1.90 bits per heavy atom. The van der Waals surface area contributed by atoms with Gasteiger partial charge in [0.15, 0.2) is 5.65 Å². The van der Waals surface area contributed by atoms with Crippen molar-refractivity contribution in [2.45, 2.75) is 6.54 Å². The van der Waals surface area contributed by atoms with E-state index in [-0.39, 0.29) is 22.2 Å². The lowest BCUT2D eigenvalue weighted by molar-refractivity contribution is 0.0991. The van der Waals surface area contributed by atoms with Crippen LogP contribution in [0, 0.1) is 17.1 Å². The molecular weight excluding hydrogens is 537 g/mol. The minimum atomic E-state index is -0.703. The predicted molar refractivity (Wildman–Crippen MR) is 147 cm³/mol. The first kappa shape index (κ1) is 25.5. The van der Waals surface area contributed by atoms with Gasteiger partial charge in [0, 0.05) is 45.5 Å². The lowest BCUT2D eigenvalue weighted by Gasteiger charge is -2.36. The number of primary amides is 1. The van der Waals surface area contributed by atoms with Crippen molar-refractivity contribution in [3.63, 3.8) is 0 Å². The van der Waals surface area contributed by atoms with Crippen LogP contribution in [0.25, 0.3) is 28.2 Å². The molecule has 0 atom stereocenters. The highest BCUT2D eigenvalue weighted by molar-refractivity contribution is 6.40. The first-order valence-corrected chi connectivity index (χ1v) is 12.9. The molecule has 1 amide bonds. The minimum Gasteiger partial charge on any atom is -0.368 e. The number of pyridine rings is 1. The molecule has 0 saturated carbocycles. The number of nitriles is 1. The van der Waals surface area contributed by atoms with E-state index in [1.807, 2.05) is 17.0 Å². The average Bonchev–Trinajstić information content (AvgIpc) is 3.52. The summed E-state index contributed by atoms with van der Waals surface area (Å²) < 4.78 is 17.5. The zero-order valence-corrected chi connectivity index (χ0v) is 21.9. The first-order valence-electron chi connectivity index (χ1n) is 12.5. The second-order valence-electron chi connectivity index (χ2n) is 9.34. The Bertz CT molecular complexity index is 1800. The topological polar surface area (TPSA) is 160 Å². The van der Waals surface area contributed by atoms with Gasteiger partial charge >= 0.3 is 0 Å². The number of halogens is 2. The van der Waals surface area contributed by atoms with E-state index in [1.165, 1.54) is 10.6 Å². The average molecular weight is 560 g/mol. The molecule has 1 aromatic carbocycles. The van der Waals surface area contributed by atoms with Crippen molar-refractivity contribution in [3.05, 3.63) is 64.7 Å². The van der Waals surface area contributed by atoms with Gasteiger partial charge in [0.2, 0.25) is 11.8 Å². The highest BCUT2D eigenvalue weighted by Gasteiger charge is 2.27. The Hall–Kier alpha value is -4.80. The highest BCUT2D eigenvalue weighted by Crippen LogP contribution is 2.34. The fraction of sp³-hybridized carbons (Fsp3) is 0.231. The summed E-state index contributed by atoms with van der Waals surface area (Å²) in [6.07, 6.45) is 1.63. The maximum atomic E-state index is 14.5. The van der Waals surface area contributed by atoms with Gasteiger partial charge in [-0.3, -0.25) is 14.7 Å². The number of carbonyl (C=O) groups excluding carboxylic acids is 1. The van der Waals surface area contributed by atoms with Crippen LogP contribution in [-0.4, -0.2) is 72.7 Å². The van der Waals surface area contributed by atoms with Crippen LogP contribution in [0.2, 0.25) is 5.02 Å². The monoisotopic (exact) mass is 559 g/mol. The molecule has 1 fully saturated rings. The second-order valence-corrected chi connectivity index (χ2v) is 9.72. The summed E-state index contributed by atoms with van der Waals surface area (Å²) in [4.78, 5) is 30.1. The Kier molecular flexibility index (Phi) is 6.41. The normalized spacial score (nSPS) is 14.2. The third kappa shape index (κ3) is 4.33. The molecular formula is C26H23ClFN11O. The summed E-state index contributed by atoms with van der Waals surface area (Å²) in [5, 5.41) is 14.0. The molecule has 1 saturated heterocycles. The number of hydrogen-bond acceptors (Lipinski definition) is 9. The van der Waals surface area contributed by atoms with Crippen molar-refractivity contribution in [1.82, 2.24) is 34.0 Å². The van der Waals surface area contributed by atoms with Crippen molar-refractivity contribution in [2.24, 2.45) is 5.73 Å². The predicted octanol–water partition coefficient (Wildman–Crippen LogP) is 2.31. The molecule has 5 aromatic rings. The number of rotatable bonds is 6. The van der Waals surface area contributed by atoms with Crippen LogP contribution in [-0.2, 0) is 6.54 Å². The molecule has 12 nitrogen and oxygen atoms in total. The number of hydrogen-bond donors (Lipinski definition) is 2. The van der Waals surface area contributed by atoms with E-state index in [9.17, 15) is 9.18 Å². The molecule has 202 valence electrons. The van der Waals surface area contributed by atoms with Gasteiger partial charge in [-0.1, -0.05) is 17.7 Å². The molecule has 0 unspecified atom stereocenters. The van der Waals surface area contributed by atoms with Crippen molar-refractivity contribution in [3.8, 4) is 17.6 Å². The quantitative estimate of drug-likeness (QED) is 0.318. The number of amides is 1. The molecule has 6 rings (SSSR count). The smallest absolute Gasteiger partial charge is 0.266 e.